The first-order valence-corrected chi connectivity index (χ1v) is 21.0. The lowest BCUT2D eigenvalue weighted by Gasteiger charge is -2.48. The summed E-state index contributed by atoms with van der Waals surface area (Å²) in [7, 11) is 5.39. The molecule has 0 aliphatic carbocycles. The van der Waals surface area contributed by atoms with E-state index in [9.17, 15) is 20.1 Å². The quantitative estimate of drug-likeness (QED) is 0.134. The van der Waals surface area contributed by atoms with E-state index in [1.165, 1.54) is 13.3 Å². The van der Waals surface area contributed by atoms with E-state index in [0.29, 0.717) is 23.6 Å². The van der Waals surface area contributed by atoms with Crippen molar-refractivity contribution in [3.8, 4) is 0 Å². The van der Waals surface area contributed by atoms with Crippen molar-refractivity contribution in [2.75, 3.05) is 21.2 Å². The van der Waals surface area contributed by atoms with Crippen LogP contribution in [0.3, 0.4) is 0 Å². The zero-order valence-corrected chi connectivity index (χ0v) is 37.3. The number of hydrogen-bond donors (Lipinski definition) is 3. The van der Waals surface area contributed by atoms with Gasteiger partial charge in [-0.25, -0.2) is 9.97 Å². The van der Waals surface area contributed by atoms with Gasteiger partial charge in [-0.2, -0.15) is 0 Å². The molecule has 2 aromatic rings. The Morgan fingerprint density at radius 2 is 1.75 bits per heavy atom. The summed E-state index contributed by atoms with van der Waals surface area (Å²) >= 11 is 6.44. The second kappa shape index (κ2) is 21.5. The number of esters is 1. The normalized spacial score (nSPS) is 37.3. The largest absolute Gasteiger partial charge is 0.497 e. The Kier molecular flexibility index (Phi) is 17.7. The molecule has 59 heavy (non-hydrogen) atoms. The lowest BCUT2D eigenvalue weighted by molar-refractivity contribution is -0.301. The molecule has 2 saturated heterocycles. The van der Waals surface area contributed by atoms with Crippen LogP contribution in [0.1, 0.15) is 85.8 Å². The van der Waals surface area contributed by atoms with Crippen molar-refractivity contribution < 1.29 is 48.6 Å². The smallest absolute Gasteiger partial charge is 0.312 e. The third-order valence-electron chi connectivity index (χ3n) is 12.2. The molecule has 1 aromatic heterocycles. The van der Waals surface area contributed by atoms with E-state index in [2.05, 4.69) is 15.1 Å². The average molecular weight is 847 g/mol. The van der Waals surface area contributed by atoms with Gasteiger partial charge in [0.2, 0.25) is 0 Å². The molecule has 2 aliphatic heterocycles. The number of halogens is 1. The van der Waals surface area contributed by atoms with Crippen molar-refractivity contribution in [3.63, 3.8) is 0 Å². The first kappa shape index (κ1) is 48.5. The summed E-state index contributed by atoms with van der Waals surface area (Å²) in [5, 5.41) is 40.9. The second-order valence-electron chi connectivity index (χ2n) is 17.0. The molecule has 330 valence electrons. The number of methoxy groups -OCH3 is 1. The van der Waals surface area contributed by atoms with Crippen LogP contribution in [0.4, 0.5) is 0 Å². The van der Waals surface area contributed by atoms with E-state index in [0.717, 1.165) is 11.1 Å². The Morgan fingerprint density at radius 3 is 2.37 bits per heavy atom. The maximum absolute atomic E-state index is 14.3. The van der Waals surface area contributed by atoms with Crippen LogP contribution in [-0.2, 0) is 46.3 Å². The van der Waals surface area contributed by atoms with E-state index < -0.39 is 77.7 Å². The summed E-state index contributed by atoms with van der Waals surface area (Å²) in [6, 6.07) is 7.02. The number of carbonyl (C=O) groups is 1. The Hall–Kier alpha value is -3.21. The van der Waals surface area contributed by atoms with Crippen molar-refractivity contribution in [1.29, 1.82) is 0 Å². The molecule has 0 unspecified atom stereocenters. The Balaban J connectivity index is 1.85. The number of carbonyl (C=O) groups excluding carboxylic acids is 1. The highest BCUT2D eigenvalue weighted by atomic mass is 35.5. The van der Waals surface area contributed by atoms with Gasteiger partial charge in [0.1, 0.15) is 36.8 Å². The van der Waals surface area contributed by atoms with Gasteiger partial charge in [0.15, 0.2) is 6.29 Å². The van der Waals surface area contributed by atoms with Gasteiger partial charge in [0.25, 0.3) is 0 Å². The SMILES string of the molecule is CC[C@H]1OC(=O)[C@H](C)[C@@H](O/C=C\Cc2cncnc2)[C@H](C)[C@@H](O[C@@H]2O[C@H](C)C[C@H](N(C)C)[C@H]2O)[C@](C)(OC)C[C@@H](C)/C(=N\OCc2ccccc2Cl)[C@H](C)[C@@H](O)[C@]1(C)O. The maximum atomic E-state index is 14.3. The number of aliphatic hydroxyl groups is 3. The third-order valence-corrected chi connectivity index (χ3v) is 12.5. The summed E-state index contributed by atoms with van der Waals surface area (Å²) in [4.78, 5) is 30.3. The van der Waals surface area contributed by atoms with Gasteiger partial charge >= 0.3 is 5.97 Å². The fourth-order valence-corrected chi connectivity index (χ4v) is 8.75. The van der Waals surface area contributed by atoms with Crippen molar-refractivity contribution in [2.24, 2.45) is 28.8 Å². The number of cyclic esters (lactones) is 1. The van der Waals surface area contributed by atoms with Crippen molar-refractivity contribution >= 4 is 23.3 Å². The molecule has 0 bridgehead atoms. The number of nitrogens with zero attached hydrogens (tertiary/aromatic N) is 4. The van der Waals surface area contributed by atoms with Crippen LogP contribution in [0.5, 0.6) is 0 Å². The Bertz CT molecular complexity index is 1680. The first-order chi connectivity index (χ1) is 27.9. The van der Waals surface area contributed by atoms with E-state index >= 15 is 0 Å². The van der Waals surface area contributed by atoms with Crippen LogP contribution >= 0.6 is 11.6 Å². The molecule has 2 fully saturated rings. The highest BCUT2D eigenvalue weighted by Crippen LogP contribution is 2.40. The van der Waals surface area contributed by atoms with Gasteiger partial charge in [0, 0.05) is 53.9 Å². The summed E-state index contributed by atoms with van der Waals surface area (Å²) in [5.41, 5.74) is -1.05. The lowest BCUT2D eigenvalue weighted by Crippen LogP contribution is -2.60. The Labute approximate surface area is 355 Å². The highest BCUT2D eigenvalue weighted by molar-refractivity contribution is 6.31. The minimum atomic E-state index is -1.90. The number of allylic oxidation sites excluding steroid dienone is 1. The molecule has 4 rings (SSSR count). The van der Waals surface area contributed by atoms with Crippen LogP contribution in [0.15, 0.2) is 60.5 Å². The average Bonchev–Trinajstić information content (AvgIpc) is 3.20. The van der Waals surface area contributed by atoms with Crippen molar-refractivity contribution in [1.82, 2.24) is 14.9 Å². The molecule has 2 aliphatic rings. The second-order valence-corrected chi connectivity index (χ2v) is 17.4. The summed E-state index contributed by atoms with van der Waals surface area (Å²) < 4.78 is 32.3. The predicted octanol–water partition coefficient (Wildman–Crippen LogP) is 5.74. The number of oxime groups is 1. The molecule has 14 atom stereocenters. The minimum absolute atomic E-state index is 0.0540. The number of aromatic nitrogens is 2. The van der Waals surface area contributed by atoms with E-state index in [-0.39, 0.29) is 31.6 Å². The van der Waals surface area contributed by atoms with Crippen LogP contribution in [-0.4, -0.2) is 123 Å². The van der Waals surface area contributed by atoms with Crippen LogP contribution in [0.2, 0.25) is 5.02 Å². The van der Waals surface area contributed by atoms with Gasteiger partial charge in [-0.05, 0) is 85.2 Å². The molecule has 3 heterocycles. The molecule has 3 N–H and O–H groups in total. The van der Waals surface area contributed by atoms with Crippen molar-refractivity contribution in [2.45, 2.75) is 148 Å². The molecule has 0 radical (unpaired) electrons. The third kappa shape index (κ3) is 12.0. The number of hydrogen-bond acceptors (Lipinski definition) is 14. The fourth-order valence-electron chi connectivity index (χ4n) is 8.56. The predicted molar refractivity (Wildman–Crippen MR) is 224 cm³/mol. The van der Waals surface area contributed by atoms with Gasteiger partial charge in [-0.1, -0.05) is 62.7 Å². The number of benzene rings is 1. The highest BCUT2D eigenvalue weighted by Gasteiger charge is 2.52. The van der Waals surface area contributed by atoms with Gasteiger partial charge in [-0.15, -0.1) is 0 Å². The van der Waals surface area contributed by atoms with E-state index in [4.69, 9.17) is 40.1 Å². The number of likely N-dealkylation sites (N-methyl/N-ethyl adjacent to an activating group) is 1. The lowest BCUT2D eigenvalue weighted by atomic mass is 9.73. The fraction of sp³-hybridized carbons (Fsp3) is 0.682. The van der Waals surface area contributed by atoms with Gasteiger partial charge in [-0.3, -0.25) is 4.79 Å². The molecular formula is C44H67ClN4O10. The standard InChI is InChI=1S/C44H67ClN4O10/c1-12-35-44(8,53)39(51)28(4)36(48-56-24-32-17-13-14-18-33(32)45)26(2)21-43(7,54-11)40(59-42-37(50)34(49(9)10)20-27(3)57-42)29(5)38(30(6)41(52)58-35)55-19-15-16-31-22-46-25-47-23-31/h13-15,17-19,22-23,25-30,34-35,37-40,42,50-51,53H,12,16,20-21,24H2,1-11H3/b19-15-,48-36+/t26-,27-,28+,29+,30-,34+,35-,37-,38+,39-,40-,42+,43-,44-/m1/s1. The molecule has 0 amide bonds. The van der Waals surface area contributed by atoms with Gasteiger partial charge < -0.3 is 48.7 Å². The minimum Gasteiger partial charge on any atom is -0.497 e. The molecule has 0 saturated carbocycles. The monoisotopic (exact) mass is 846 g/mol. The molecule has 14 nitrogen and oxygen atoms in total. The molecule has 15 heteroatoms. The molecule has 0 spiro atoms. The summed E-state index contributed by atoms with van der Waals surface area (Å²) in [6.45, 7) is 14.5. The first-order valence-electron chi connectivity index (χ1n) is 20.6. The van der Waals surface area contributed by atoms with Crippen LogP contribution in [0, 0.1) is 23.7 Å². The number of aliphatic hydroxyl groups excluding tert-OH is 2. The topological polar surface area (TPSA) is 175 Å². The molecule has 1 aromatic carbocycles. The van der Waals surface area contributed by atoms with E-state index in [1.54, 1.807) is 52.6 Å². The summed E-state index contributed by atoms with van der Waals surface area (Å²) in [6.07, 6.45) is 3.11. The maximum Gasteiger partial charge on any atom is 0.312 e. The zero-order chi connectivity index (χ0) is 43.7. The number of rotatable bonds is 12. The number of ether oxygens (including phenoxy) is 5. The van der Waals surface area contributed by atoms with Gasteiger partial charge in [0.05, 0.1) is 41.8 Å². The Morgan fingerprint density at radius 1 is 1.07 bits per heavy atom. The summed E-state index contributed by atoms with van der Waals surface area (Å²) in [5.74, 6) is -3.42. The van der Waals surface area contributed by atoms with Crippen molar-refractivity contribution in [3.05, 3.63) is 71.5 Å². The van der Waals surface area contributed by atoms with Crippen LogP contribution < -0.4 is 0 Å². The van der Waals surface area contributed by atoms with E-state index in [1.807, 2.05) is 71.0 Å². The zero-order valence-electron chi connectivity index (χ0n) is 36.5. The van der Waals surface area contributed by atoms with Crippen LogP contribution in [0.25, 0.3) is 0 Å². The molecular weight excluding hydrogens is 780 g/mol.